The zero-order valence-corrected chi connectivity index (χ0v) is 11.3. The largest absolute Gasteiger partial charge is 0.316 e. The third-order valence-electron chi connectivity index (χ3n) is 2.35. The molecule has 0 unspecified atom stereocenters. The third-order valence-corrected chi connectivity index (χ3v) is 2.91. The van der Waals surface area contributed by atoms with Gasteiger partial charge in [0, 0.05) is 12.7 Å². The van der Waals surface area contributed by atoms with Crippen molar-refractivity contribution in [3.8, 4) is 0 Å². The first kappa shape index (κ1) is 11.6. The van der Waals surface area contributed by atoms with Crippen LogP contribution >= 0.6 is 22.6 Å². The smallest absolute Gasteiger partial charge is 0.0659 e. The molecule has 0 saturated carbocycles. The van der Waals surface area contributed by atoms with Crippen molar-refractivity contribution in [1.29, 1.82) is 0 Å². The molecule has 2 aromatic rings. The van der Waals surface area contributed by atoms with E-state index in [1.807, 2.05) is 24.1 Å². The van der Waals surface area contributed by atoms with Gasteiger partial charge >= 0.3 is 0 Å². The number of aromatic nitrogens is 2. The van der Waals surface area contributed by atoms with Crippen LogP contribution < -0.4 is 5.32 Å². The molecule has 84 valence electrons. The Morgan fingerprint density at radius 1 is 1.25 bits per heavy atom. The van der Waals surface area contributed by atoms with Crippen LogP contribution in [-0.4, -0.2) is 16.8 Å². The van der Waals surface area contributed by atoms with Crippen molar-refractivity contribution in [1.82, 2.24) is 15.1 Å². The second-order valence-corrected chi connectivity index (χ2v) is 4.95. The molecule has 16 heavy (non-hydrogen) atoms. The highest BCUT2D eigenvalue weighted by atomic mass is 127. The Morgan fingerprint density at radius 3 is 2.50 bits per heavy atom. The van der Waals surface area contributed by atoms with Crippen LogP contribution in [0, 0.1) is 3.57 Å². The lowest BCUT2D eigenvalue weighted by molar-refractivity contribution is 0.686. The summed E-state index contributed by atoms with van der Waals surface area (Å²) in [7, 11) is 1.96. The van der Waals surface area contributed by atoms with Gasteiger partial charge in [-0.15, -0.1) is 0 Å². The van der Waals surface area contributed by atoms with Gasteiger partial charge in [0.15, 0.2) is 0 Å². The molecule has 0 aliphatic rings. The summed E-state index contributed by atoms with van der Waals surface area (Å²) in [5.41, 5.74) is 2.58. The molecule has 2 rings (SSSR count). The normalized spacial score (nSPS) is 10.6. The molecule has 1 aromatic carbocycles. The number of hydrogen-bond acceptors (Lipinski definition) is 2. The molecule has 0 saturated heterocycles. The molecule has 1 aromatic heterocycles. The SMILES string of the molecule is CNCc1ccc(Cn2cc(I)cn2)cc1. The molecular formula is C12H14IN3. The molecule has 1 N–H and O–H groups in total. The van der Waals surface area contributed by atoms with Crippen molar-refractivity contribution in [2.24, 2.45) is 0 Å². The average molecular weight is 327 g/mol. The molecule has 0 radical (unpaired) electrons. The number of benzene rings is 1. The fourth-order valence-corrected chi connectivity index (χ4v) is 2.02. The van der Waals surface area contributed by atoms with Crippen molar-refractivity contribution in [2.45, 2.75) is 13.1 Å². The Hall–Kier alpha value is -0.880. The molecule has 4 heteroatoms. The number of nitrogens with one attached hydrogen (secondary N) is 1. The van der Waals surface area contributed by atoms with Crippen molar-refractivity contribution >= 4 is 22.6 Å². The highest BCUT2D eigenvalue weighted by Gasteiger charge is 1.98. The number of nitrogens with zero attached hydrogens (tertiary/aromatic N) is 2. The maximum Gasteiger partial charge on any atom is 0.0659 e. The van der Waals surface area contributed by atoms with E-state index in [2.05, 4.69) is 57.3 Å². The molecule has 0 spiro atoms. The number of hydrogen-bond donors (Lipinski definition) is 1. The van der Waals surface area contributed by atoms with Crippen LogP contribution in [0.5, 0.6) is 0 Å². The minimum atomic E-state index is 0.836. The fourth-order valence-electron chi connectivity index (χ4n) is 1.58. The first-order valence-corrected chi connectivity index (χ1v) is 6.26. The molecule has 0 aliphatic heterocycles. The second kappa shape index (κ2) is 5.45. The highest BCUT2D eigenvalue weighted by molar-refractivity contribution is 14.1. The summed E-state index contributed by atoms with van der Waals surface area (Å²) in [6.45, 7) is 1.75. The quantitative estimate of drug-likeness (QED) is 0.873. The van der Waals surface area contributed by atoms with E-state index in [0.29, 0.717) is 0 Å². The van der Waals surface area contributed by atoms with Gasteiger partial charge in [0.1, 0.15) is 0 Å². The Kier molecular flexibility index (Phi) is 3.95. The van der Waals surface area contributed by atoms with Gasteiger partial charge < -0.3 is 5.32 Å². The lowest BCUT2D eigenvalue weighted by atomic mass is 10.1. The first-order valence-electron chi connectivity index (χ1n) is 5.18. The molecular weight excluding hydrogens is 313 g/mol. The van der Waals surface area contributed by atoms with E-state index >= 15 is 0 Å². The fraction of sp³-hybridized carbons (Fsp3) is 0.250. The monoisotopic (exact) mass is 327 g/mol. The van der Waals surface area contributed by atoms with Crippen molar-refractivity contribution in [3.05, 3.63) is 51.4 Å². The standard InChI is InChI=1S/C12H14IN3/c1-14-6-10-2-4-11(5-3-10)8-16-9-12(13)7-15-16/h2-5,7,9,14H,6,8H2,1H3. The van der Waals surface area contributed by atoms with Crippen molar-refractivity contribution in [3.63, 3.8) is 0 Å². The van der Waals surface area contributed by atoms with Crippen LogP contribution in [0.1, 0.15) is 11.1 Å². The second-order valence-electron chi connectivity index (χ2n) is 3.70. The van der Waals surface area contributed by atoms with Crippen LogP contribution in [-0.2, 0) is 13.1 Å². The first-order chi connectivity index (χ1) is 7.78. The van der Waals surface area contributed by atoms with Gasteiger partial charge in [-0.2, -0.15) is 5.10 Å². The van der Waals surface area contributed by atoms with Crippen molar-refractivity contribution < 1.29 is 0 Å². The molecule has 0 amide bonds. The number of rotatable bonds is 4. The summed E-state index contributed by atoms with van der Waals surface area (Å²) < 4.78 is 3.12. The predicted octanol–water partition coefficient (Wildman–Crippen LogP) is 2.26. The number of halogens is 1. The summed E-state index contributed by atoms with van der Waals surface area (Å²) >= 11 is 2.27. The Bertz CT molecular complexity index is 448. The molecule has 0 fully saturated rings. The van der Waals surface area contributed by atoms with E-state index in [9.17, 15) is 0 Å². The minimum Gasteiger partial charge on any atom is -0.316 e. The van der Waals surface area contributed by atoms with Gasteiger partial charge in [-0.05, 0) is 40.8 Å². The lowest BCUT2D eigenvalue weighted by Gasteiger charge is -2.04. The summed E-state index contributed by atoms with van der Waals surface area (Å²) in [4.78, 5) is 0. The molecule has 0 bridgehead atoms. The zero-order chi connectivity index (χ0) is 11.4. The molecule has 0 aliphatic carbocycles. The van der Waals surface area contributed by atoms with E-state index < -0.39 is 0 Å². The van der Waals surface area contributed by atoms with E-state index in [1.54, 1.807) is 0 Å². The molecule has 3 nitrogen and oxygen atoms in total. The summed E-state index contributed by atoms with van der Waals surface area (Å²) in [6.07, 6.45) is 3.91. The topological polar surface area (TPSA) is 29.9 Å². The van der Waals surface area contributed by atoms with E-state index in [4.69, 9.17) is 0 Å². The molecule has 0 atom stereocenters. The average Bonchev–Trinajstić information content (AvgIpc) is 2.67. The van der Waals surface area contributed by atoms with E-state index in [-0.39, 0.29) is 0 Å². The van der Waals surface area contributed by atoms with Crippen LogP contribution in [0.15, 0.2) is 36.7 Å². The Morgan fingerprint density at radius 2 is 1.94 bits per heavy atom. The van der Waals surface area contributed by atoms with E-state index in [0.717, 1.165) is 13.1 Å². The van der Waals surface area contributed by atoms with Gasteiger partial charge in [0.2, 0.25) is 0 Å². The van der Waals surface area contributed by atoms with Gasteiger partial charge in [0.25, 0.3) is 0 Å². The van der Waals surface area contributed by atoms with Gasteiger partial charge in [-0.3, -0.25) is 4.68 Å². The third kappa shape index (κ3) is 3.05. The van der Waals surface area contributed by atoms with Crippen molar-refractivity contribution in [2.75, 3.05) is 7.05 Å². The van der Waals surface area contributed by atoms with Gasteiger partial charge in [-0.25, -0.2) is 0 Å². The van der Waals surface area contributed by atoms with Gasteiger partial charge in [0.05, 0.1) is 16.3 Å². The predicted molar refractivity (Wildman–Crippen MR) is 73.3 cm³/mol. The molecule has 1 heterocycles. The zero-order valence-electron chi connectivity index (χ0n) is 9.15. The summed E-state index contributed by atoms with van der Waals surface area (Å²) in [5, 5.41) is 7.40. The lowest BCUT2D eigenvalue weighted by Crippen LogP contribution is -2.05. The maximum absolute atomic E-state index is 4.27. The van der Waals surface area contributed by atoms with Gasteiger partial charge in [-0.1, -0.05) is 24.3 Å². The Labute approximate surface area is 109 Å². The van der Waals surface area contributed by atoms with E-state index in [1.165, 1.54) is 14.7 Å². The van der Waals surface area contributed by atoms with Crippen LogP contribution in [0.25, 0.3) is 0 Å². The highest BCUT2D eigenvalue weighted by Crippen LogP contribution is 2.07. The minimum absolute atomic E-state index is 0.836. The Balaban J connectivity index is 2.05. The van der Waals surface area contributed by atoms with Crippen LogP contribution in [0.4, 0.5) is 0 Å². The summed E-state index contributed by atoms with van der Waals surface area (Å²) in [6, 6.07) is 8.61. The van der Waals surface area contributed by atoms with Crippen LogP contribution in [0.2, 0.25) is 0 Å². The summed E-state index contributed by atoms with van der Waals surface area (Å²) in [5.74, 6) is 0. The maximum atomic E-state index is 4.27. The van der Waals surface area contributed by atoms with Crippen LogP contribution in [0.3, 0.4) is 0 Å².